The molecule has 3 nitrogen and oxygen atoms in total. The lowest BCUT2D eigenvalue weighted by atomic mass is 9.97. The van der Waals surface area contributed by atoms with Gasteiger partial charge in [0.2, 0.25) is 5.91 Å². The summed E-state index contributed by atoms with van der Waals surface area (Å²) in [4.78, 5) is 12.1. The predicted molar refractivity (Wildman–Crippen MR) is 84.5 cm³/mol. The van der Waals surface area contributed by atoms with Gasteiger partial charge >= 0.3 is 0 Å². The first kappa shape index (κ1) is 15.2. The fraction of sp³-hybridized carbons (Fsp3) is 0.562. The highest BCUT2D eigenvalue weighted by molar-refractivity contribution is 7.99. The van der Waals surface area contributed by atoms with Gasteiger partial charge in [0.15, 0.2) is 0 Å². The Labute approximate surface area is 125 Å². The molecule has 0 bridgehead atoms. The molecule has 2 unspecified atom stereocenters. The Morgan fingerprint density at radius 3 is 2.80 bits per heavy atom. The van der Waals surface area contributed by atoms with Crippen LogP contribution in [0.4, 0.5) is 0 Å². The van der Waals surface area contributed by atoms with E-state index in [2.05, 4.69) is 12.2 Å². The Morgan fingerprint density at radius 1 is 1.45 bits per heavy atom. The average Bonchev–Trinajstić information content (AvgIpc) is 2.48. The lowest BCUT2D eigenvalue weighted by Gasteiger charge is -2.23. The Hall–Kier alpha value is -1.16. The summed E-state index contributed by atoms with van der Waals surface area (Å²) < 4.78 is 5.15. The highest BCUT2D eigenvalue weighted by atomic mass is 32.2. The normalized spacial score (nSPS) is 20.2. The summed E-state index contributed by atoms with van der Waals surface area (Å²) in [7, 11) is 1.66. The average molecular weight is 293 g/mol. The van der Waals surface area contributed by atoms with E-state index in [1.165, 1.54) is 17.7 Å². The second-order valence-electron chi connectivity index (χ2n) is 5.36. The van der Waals surface area contributed by atoms with Gasteiger partial charge in [0.1, 0.15) is 5.75 Å². The van der Waals surface area contributed by atoms with Crippen LogP contribution in [0.3, 0.4) is 0 Å². The van der Waals surface area contributed by atoms with E-state index in [0.717, 1.165) is 17.9 Å². The van der Waals surface area contributed by atoms with Gasteiger partial charge in [0.05, 0.1) is 7.11 Å². The van der Waals surface area contributed by atoms with E-state index in [0.29, 0.717) is 12.5 Å². The van der Waals surface area contributed by atoms with E-state index in [1.807, 2.05) is 36.0 Å². The fourth-order valence-electron chi connectivity index (χ4n) is 2.47. The summed E-state index contributed by atoms with van der Waals surface area (Å²) >= 11 is 1.94. The Morgan fingerprint density at radius 2 is 2.20 bits per heavy atom. The third-order valence-corrected chi connectivity index (χ3v) is 4.92. The third kappa shape index (κ3) is 4.44. The van der Waals surface area contributed by atoms with Crippen LogP contribution in [-0.2, 0) is 4.79 Å². The molecule has 1 amide bonds. The van der Waals surface area contributed by atoms with Gasteiger partial charge in [-0.2, -0.15) is 11.8 Å². The maximum Gasteiger partial charge on any atom is 0.220 e. The molecular weight excluding hydrogens is 270 g/mol. The van der Waals surface area contributed by atoms with Crippen molar-refractivity contribution in [1.82, 2.24) is 5.32 Å². The van der Waals surface area contributed by atoms with E-state index < -0.39 is 0 Å². The number of benzene rings is 1. The number of methoxy groups -OCH3 is 1. The first-order chi connectivity index (χ1) is 9.69. The molecule has 1 fully saturated rings. The molecule has 1 N–H and O–H groups in total. The van der Waals surface area contributed by atoms with Crippen molar-refractivity contribution >= 4 is 17.7 Å². The summed E-state index contributed by atoms with van der Waals surface area (Å²) in [5.74, 6) is 3.54. The Balaban J connectivity index is 1.82. The zero-order chi connectivity index (χ0) is 14.4. The molecule has 1 aliphatic heterocycles. The summed E-state index contributed by atoms with van der Waals surface area (Å²) in [6.07, 6.45) is 2.88. The van der Waals surface area contributed by atoms with Gasteiger partial charge < -0.3 is 10.1 Å². The SMILES string of the molecule is COc1ccc(C(C)CC(=O)NC2CCCSC2)cc1. The number of nitrogens with one attached hydrogen (secondary N) is 1. The van der Waals surface area contributed by atoms with Crippen LogP contribution in [0.15, 0.2) is 24.3 Å². The van der Waals surface area contributed by atoms with Crippen LogP contribution in [-0.4, -0.2) is 30.6 Å². The zero-order valence-electron chi connectivity index (χ0n) is 12.2. The molecule has 0 spiro atoms. The van der Waals surface area contributed by atoms with Crippen molar-refractivity contribution in [2.75, 3.05) is 18.6 Å². The van der Waals surface area contributed by atoms with Gasteiger partial charge in [-0.1, -0.05) is 19.1 Å². The van der Waals surface area contributed by atoms with Crippen molar-refractivity contribution in [1.29, 1.82) is 0 Å². The smallest absolute Gasteiger partial charge is 0.220 e. The van der Waals surface area contributed by atoms with Gasteiger partial charge in [-0.3, -0.25) is 4.79 Å². The molecule has 2 atom stereocenters. The maximum absolute atomic E-state index is 12.1. The minimum atomic E-state index is 0.167. The molecule has 1 heterocycles. The molecular formula is C16H23NO2S. The van der Waals surface area contributed by atoms with Crippen LogP contribution in [0.25, 0.3) is 0 Å². The van der Waals surface area contributed by atoms with Crippen molar-refractivity contribution in [3.05, 3.63) is 29.8 Å². The molecule has 1 aromatic rings. The summed E-state index contributed by atoms with van der Waals surface area (Å²) in [6, 6.07) is 8.33. The van der Waals surface area contributed by atoms with Gasteiger partial charge in [0.25, 0.3) is 0 Å². The van der Waals surface area contributed by atoms with Crippen molar-refractivity contribution in [2.24, 2.45) is 0 Å². The molecule has 2 rings (SSSR count). The summed E-state index contributed by atoms with van der Waals surface area (Å²) in [5.41, 5.74) is 1.18. The quantitative estimate of drug-likeness (QED) is 0.906. The van der Waals surface area contributed by atoms with Crippen molar-refractivity contribution in [3.63, 3.8) is 0 Å². The Kier molecular flexibility index (Phi) is 5.77. The molecule has 0 saturated carbocycles. The molecule has 4 heteroatoms. The van der Waals surface area contributed by atoms with Crippen molar-refractivity contribution in [3.8, 4) is 5.75 Å². The lowest BCUT2D eigenvalue weighted by Crippen LogP contribution is -2.38. The maximum atomic E-state index is 12.1. The topological polar surface area (TPSA) is 38.3 Å². The second-order valence-corrected chi connectivity index (χ2v) is 6.51. The van der Waals surface area contributed by atoms with Gasteiger partial charge in [-0.05, 0) is 42.2 Å². The van der Waals surface area contributed by atoms with E-state index in [9.17, 15) is 4.79 Å². The number of hydrogen-bond donors (Lipinski definition) is 1. The lowest BCUT2D eigenvalue weighted by molar-refractivity contribution is -0.122. The highest BCUT2D eigenvalue weighted by Crippen LogP contribution is 2.22. The third-order valence-electron chi connectivity index (χ3n) is 3.70. The van der Waals surface area contributed by atoms with Crippen molar-refractivity contribution < 1.29 is 9.53 Å². The van der Waals surface area contributed by atoms with Gasteiger partial charge in [-0.25, -0.2) is 0 Å². The molecule has 1 aliphatic rings. The molecule has 0 aliphatic carbocycles. The number of amides is 1. The van der Waals surface area contributed by atoms with Gasteiger partial charge in [0, 0.05) is 18.2 Å². The predicted octanol–water partition coefficient (Wildman–Crippen LogP) is 3.20. The van der Waals surface area contributed by atoms with Crippen LogP contribution < -0.4 is 10.1 Å². The molecule has 20 heavy (non-hydrogen) atoms. The Bertz CT molecular complexity index is 427. The first-order valence-corrected chi connectivity index (χ1v) is 8.35. The molecule has 0 aromatic heterocycles. The van der Waals surface area contributed by atoms with Crippen LogP contribution >= 0.6 is 11.8 Å². The zero-order valence-corrected chi connectivity index (χ0v) is 13.0. The fourth-order valence-corrected chi connectivity index (χ4v) is 3.54. The van der Waals surface area contributed by atoms with E-state index in [1.54, 1.807) is 7.11 Å². The monoisotopic (exact) mass is 293 g/mol. The molecule has 110 valence electrons. The van der Waals surface area contributed by atoms with Crippen LogP contribution in [0.2, 0.25) is 0 Å². The summed E-state index contributed by atoms with van der Waals surface area (Å²) in [5, 5.41) is 3.16. The van der Waals surface area contributed by atoms with E-state index in [-0.39, 0.29) is 11.8 Å². The van der Waals surface area contributed by atoms with Crippen LogP contribution in [0.1, 0.15) is 37.7 Å². The number of carbonyl (C=O) groups is 1. The number of thioether (sulfide) groups is 1. The number of ether oxygens (including phenoxy) is 1. The van der Waals surface area contributed by atoms with Crippen LogP contribution in [0.5, 0.6) is 5.75 Å². The highest BCUT2D eigenvalue weighted by Gasteiger charge is 2.18. The molecule has 1 aromatic carbocycles. The van der Waals surface area contributed by atoms with Gasteiger partial charge in [-0.15, -0.1) is 0 Å². The largest absolute Gasteiger partial charge is 0.497 e. The minimum absolute atomic E-state index is 0.167. The van der Waals surface area contributed by atoms with E-state index >= 15 is 0 Å². The minimum Gasteiger partial charge on any atom is -0.497 e. The summed E-state index contributed by atoms with van der Waals surface area (Å²) in [6.45, 7) is 2.09. The number of rotatable bonds is 5. The van der Waals surface area contributed by atoms with E-state index in [4.69, 9.17) is 4.74 Å². The first-order valence-electron chi connectivity index (χ1n) is 7.20. The number of hydrogen-bond acceptors (Lipinski definition) is 3. The second kappa shape index (κ2) is 7.58. The standard InChI is InChI=1S/C16H23NO2S/c1-12(13-5-7-15(19-2)8-6-13)10-16(18)17-14-4-3-9-20-11-14/h5-8,12,14H,3-4,9-11H2,1-2H3,(H,17,18). The van der Waals surface area contributed by atoms with Crippen LogP contribution in [0, 0.1) is 0 Å². The van der Waals surface area contributed by atoms with Crippen molar-refractivity contribution in [2.45, 2.75) is 38.1 Å². The molecule has 1 saturated heterocycles. The molecule has 0 radical (unpaired) electrons. The number of carbonyl (C=O) groups excluding carboxylic acids is 1.